The Morgan fingerprint density at radius 2 is 2.04 bits per heavy atom. The van der Waals surface area contributed by atoms with E-state index in [1.807, 2.05) is 48.5 Å². The number of hydrogen-bond acceptors (Lipinski definition) is 3. The van der Waals surface area contributed by atoms with Gasteiger partial charge in [0.15, 0.2) is 0 Å². The van der Waals surface area contributed by atoms with Crippen LogP contribution in [0.5, 0.6) is 11.5 Å². The van der Waals surface area contributed by atoms with Crippen LogP contribution in [0.15, 0.2) is 60.7 Å². The maximum Gasteiger partial charge on any atom is 0.304 e. The first-order chi connectivity index (χ1) is 11.6. The summed E-state index contributed by atoms with van der Waals surface area (Å²) in [4.78, 5) is 11.2. The highest BCUT2D eigenvalue weighted by atomic mass is 16.5. The van der Waals surface area contributed by atoms with E-state index in [9.17, 15) is 4.79 Å². The van der Waals surface area contributed by atoms with Gasteiger partial charge in [0.1, 0.15) is 18.1 Å². The van der Waals surface area contributed by atoms with Gasteiger partial charge in [0.2, 0.25) is 0 Å². The molecule has 1 atom stereocenters. The molecule has 4 nitrogen and oxygen atoms in total. The predicted molar refractivity (Wildman–Crippen MR) is 91.5 cm³/mol. The van der Waals surface area contributed by atoms with E-state index in [-0.39, 0.29) is 12.3 Å². The van der Waals surface area contributed by atoms with Gasteiger partial charge in [-0.1, -0.05) is 48.6 Å². The topological polar surface area (TPSA) is 55.8 Å². The third kappa shape index (κ3) is 3.77. The van der Waals surface area contributed by atoms with Crippen molar-refractivity contribution in [1.29, 1.82) is 0 Å². The van der Waals surface area contributed by atoms with Gasteiger partial charge in [0, 0.05) is 24.0 Å². The minimum Gasteiger partial charge on any atom is -0.493 e. The molecule has 0 amide bonds. The monoisotopic (exact) mass is 324 g/mol. The second-order valence-corrected chi connectivity index (χ2v) is 5.88. The van der Waals surface area contributed by atoms with E-state index in [4.69, 9.17) is 14.6 Å². The molecule has 0 spiro atoms. The highest BCUT2D eigenvalue weighted by molar-refractivity contribution is 5.69. The van der Waals surface area contributed by atoms with E-state index in [1.54, 1.807) is 0 Å². The summed E-state index contributed by atoms with van der Waals surface area (Å²) in [5.74, 6) is 0.339. The van der Waals surface area contributed by atoms with E-state index in [0.29, 0.717) is 31.1 Å². The van der Waals surface area contributed by atoms with Gasteiger partial charge >= 0.3 is 5.97 Å². The fourth-order valence-electron chi connectivity index (χ4n) is 2.87. The van der Waals surface area contributed by atoms with Gasteiger partial charge in [-0.05, 0) is 11.6 Å². The number of fused-ring (bicyclic) bond motifs is 1. The Morgan fingerprint density at radius 3 is 2.79 bits per heavy atom. The van der Waals surface area contributed by atoms with Crippen LogP contribution in [0, 0.1) is 0 Å². The van der Waals surface area contributed by atoms with Crippen LogP contribution in [0.3, 0.4) is 0 Å². The van der Waals surface area contributed by atoms with E-state index >= 15 is 0 Å². The Bertz CT molecular complexity index is 737. The number of ether oxygens (including phenoxy) is 2. The van der Waals surface area contributed by atoms with Crippen LogP contribution >= 0.6 is 0 Å². The number of carboxylic acids is 1. The highest BCUT2D eigenvalue weighted by Crippen LogP contribution is 2.39. The van der Waals surface area contributed by atoms with Crippen LogP contribution in [-0.4, -0.2) is 17.7 Å². The molecule has 3 rings (SSSR count). The van der Waals surface area contributed by atoms with Crippen molar-refractivity contribution in [1.82, 2.24) is 0 Å². The summed E-state index contributed by atoms with van der Waals surface area (Å²) >= 11 is 0. The van der Waals surface area contributed by atoms with Crippen molar-refractivity contribution in [3.63, 3.8) is 0 Å². The van der Waals surface area contributed by atoms with Crippen LogP contribution in [0.2, 0.25) is 0 Å². The molecule has 0 fully saturated rings. The molecule has 1 heterocycles. The normalized spacial score (nSPS) is 16.7. The third-order valence-electron chi connectivity index (χ3n) is 4.16. The van der Waals surface area contributed by atoms with Crippen LogP contribution in [0.4, 0.5) is 0 Å². The van der Waals surface area contributed by atoms with E-state index in [1.165, 1.54) is 0 Å². The fraction of sp³-hybridized carbons (Fsp3) is 0.250. The van der Waals surface area contributed by atoms with Crippen LogP contribution in [0.25, 0.3) is 0 Å². The van der Waals surface area contributed by atoms with Crippen LogP contribution in [0.1, 0.15) is 29.9 Å². The summed E-state index contributed by atoms with van der Waals surface area (Å²) in [6.45, 7) is 5.01. The number of aliphatic carboxylic acids is 1. The summed E-state index contributed by atoms with van der Waals surface area (Å²) in [6, 6.07) is 15.5. The molecule has 1 N–H and O–H groups in total. The van der Waals surface area contributed by atoms with E-state index in [2.05, 4.69) is 6.58 Å². The van der Waals surface area contributed by atoms with Gasteiger partial charge in [-0.25, -0.2) is 0 Å². The molecule has 24 heavy (non-hydrogen) atoms. The molecule has 0 saturated heterocycles. The zero-order chi connectivity index (χ0) is 16.9. The largest absolute Gasteiger partial charge is 0.493 e. The molecule has 0 unspecified atom stereocenters. The zero-order valence-electron chi connectivity index (χ0n) is 13.4. The molecule has 4 heteroatoms. The highest BCUT2D eigenvalue weighted by Gasteiger charge is 2.25. The second-order valence-electron chi connectivity index (χ2n) is 5.88. The van der Waals surface area contributed by atoms with Gasteiger partial charge in [-0.2, -0.15) is 0 Å². The minimum atomic E-state index is -0.835. The summed E-state index contributed by atoms with van der Waals surface area (Å²) in [5.41, 5.74) is 2.85. The van der Waals surface area contributed by atoms with Crippen molar-refractivity contribution in [2.75, 3.05) is 6.61 Å². The Morgan fingerprint density at radius 1 is 1.25 bits per heavy atom. The first-order valence-electron chi connectivity index (χ1n) is 7.96. The van der Waals surface area contributed by atoms with Crippen molar-refractivity contribution in [2.45, 2.75) is 25.4 Å². The number of carboxylic acid groups (broad SMARTS) is 1. The summed E-state index contributed by atoms with van der Waals surface area (Å²) in [6.07, 6.45) is 0.687. The lowest BCUT2D eigenvalue weighted by Gasteiger charge is -2.17. The standard InChI is InChI=1S/C20H20O4/c1-14-9-10-23-19-11-16(24-13-15-5-3-2-4-6-15)7-8-17(19)18(14)12-20(21)22/h2-8,11,18H,1,9-10,12-13H2,(H,21,22)/t18-/m1/s1. The lowest BCUT2D eigenvalue weighted by atomic mass is 9.87. The Kier molecular flexibility index (Phi) is 4.85. The zero-order valence-corrected chi connectivity index (χ0v) is 13.4. The molecule has 0 aliphatic carbocycles. The predicted octanol–water partition coefficient (Wildman–Crippen LogP) is 4.16. The molecule has 0 saturated carbocycles. The van der Waals surface area contributed by atoms with Gasteiger partial charge in [0.05, 0.1) is 13.0 Å². The van der Waals surface area contributed by atoms with Gasteiger partial charge in [-0.15, -0.1) is 0 Å². The van der Waals surface area contributed by atoms with Crippen molar-refractivity contribution < 1.29 is 19.4 Å². The lowest BCUT2D eigenvalue weighted by Crippen LogP contribution is -2.08. The van der Waals surface area contributed by atoms with Crippen LogP contribution in [-0.2, 0) is 11.4 Å². The molecule has 2 aromatic carbocycles. The molecule has 1 aliphatic heterocycles. The molecule has 2 aromatic rings. The first kappa shape index (κ1) is 16.1. The molecular weight excluding hydrogens is 304 g/mol. The summed E-state index contributed by atoms with van der Waals surface area (Å²) < 4.78 is 11.6. The number of rotatable bonds is 5. The number of hydrogen-bond donors (Lipinski definition) is 1. The molecule has 124 valence electrons. The molecule has 0 radical (unpaired) electrons. The van der Waals surface area contributed by atoms with Crippen molar-refractivity contribution in [2.24, 2.45) is 0 Å². The Labute approximate surface area is 141 Å². The third-order valence-corrected chi connectivity index (χ3v) is 4.16. The van der Waals surface area contributed by atoms with Crippen molar-refractivity contribution >= 4 is 5.97 Å². The van der Waals surface area contributed by atoms with Crippen molar-refractivity contribution in [3.8, 4) is 11.5 Å². The Balaban J connectivity index is 1.80. The number of benzene rings is 2. The number of carbonyl (C=O) groups is 1. The average molecular weight is 324 g/mol. The molecule has 0 bridgehead atoms. The quantitative estimate of drug-likeness (QED) is 0.839. The fourth-order valence-corrected chi connectivity index (χ4v) is 2.87. The van der Waals surface area contributed by atoms with Gasteiger partial charge in [0.25, 0.3) is 0 Å². The van der Waals surface area contributed by atoms with E-state index in [0.717, 1.165) is 16.7 Å². The summed E-state index contributed by atoms with van der Waals surface area (Å²) in [7, 11) is 0. The van der Waals surface area contributed by atoms with Gasteiger partial charge in [-0.3, -0.25) is 4.79 Å². The summed E-state index contributed by atoms with van der Waals surface area (Å²) in [5, 5.41) is 9.16. The lowest BCUT2D eigenvalue weighted by molar-refractivity contribution is -0.137. The first-order valence-corrected chi connectivity index (χ1v) is 7.96. The van der Waals surface area contributed by atoms with E-state index < -0.39 is 5.97 Å². The van der Waals surface area contributed by atoms with Crippen LogP contribution < -0.4 is 9.47 Å². The smallest absolute Gasteiger partial charge is 0.304 e. The van der Waals surface area contributed by atoms with Gasteiger partial charge < -0.3 is 14.6 Å². The molecule has 1 aliphatic rings. The second kappa shape index (κ2) is 7.21. The maximum atomic E-state index is 11.2. The SMILES string of the molecule is C=C1CCOc2cc(OCc3ccccc3)ccc2[C@@H]1CC(=O)O. The minimum absolute atomic E-state index is 0.0272. The Hall–Kier alpha value is -2.75. The molecular formula is C20H20O4. The van der Waals surface area contributed by atoms with Crippen molar-refractivity contribution in [3.05, 3.63) is 71.8 Å². The maximum absolute atomic E-state index is 11.2. The molecule has 0 aromatic heterocycles. The average Bonchev–Trinajstić information content (AvgIpc) is 2.73.